The van der Waals surface area contributed by atoms with Crippen LogP contribution in [0.2, 0.25) is 0 Å². The van der Waals surface area contributed by atoms with Crippen molar-refractivity contribution in [3.63, 3.8) is 0 Å². The zero-order valence-corrected chi connectivity index (χ0v) is 6.76. The largest absolute Gasteiger partial charge is 0.385 e. The Morgan fingerprint density at radius 3 is 2.60 bits per heavy atom. The molecule has 0 amide bonds. The number of hydrogen-bond acceptors (Lipinski definition) is 1. The maximum atomic E-state index is 9.79. The zero-order chi connectivity index (χ0) is 7.78. The molecule has 10 heavy (non-hydrogen) atoms. The topological polar surface area (TPSA) is 20.2 Å². The van der Waals surface area contributed by atoms with E-state index in [1.807, 2.05) is 39.0 Å². The van der Waals surface area contributed by atoms with Crippen molar-refractivity contribution in [2.75, 3.05) is 0 Å². The van der Waals surface area contributed by atoms with E-state index in [2.05, 4.69) is 0 Å². The minimum Gasteiger partial charge on any atom is -0.385 e. The maximum absolute atomic E-state index is 9.79. The Balaban J connectivity index is 2.93. The van der Waals surface area contributed by atoms with Gasteiger partial charge in [0.05, 0.1) is 5.60 Å². The monoisotopic (exact) mass is 138 g/mol. The third kappa shape index (κ3) is 1.01. The summed E-state index contributed by atoms with van der Waals surface area (Å²) in [4.78, 5) is 0. The van der Waals surface area contributed by atoms with Gasteiger partial charge in [0.2, 0.25) is 0 Å². The van der Waals surface area contributed by atoms with Crippen molar-refractivity contribution < 1.29 is 5.11 Å². The Hall–Kier alpha value is -0.560. The third-order valence-corrected chi connectivity index (χ3v) is 2.43. The Bertz CT molecular complexity index is 187. The summed E-state index contributed by atoms with van der Waals surface area (Å²) in [6.45, 7) is 5.83. The van der Waals surface area contributed by atoms with E-state index in [9.17, 15) is 5.11 Å². The van der Waals surface area contributed by atoms with Gasteiger partial charge >= 0.3 is 0 Å². The molecule has 0 aromatic rings. The second-order valence-electron chi connectivity index (χ2n) is 3.17. The van der Waals surface area contributed by atoms with Crippen LogP contribution in [0.4, 0.5) is 0 Å². The fraction of sp³-hybridized carbons (Fsp3) is 0.556. The van der Waals surface area contributed by atoms with E-state index < -0.39 is 5.60 Å². The number of rotatable bonds is 0. The van der Waals surface area contributed by atoms with Crippen molar-refractivity contribution >= 4 is 0 Å². The fourth-order valence-electron chi connectivity index (χ4n) is 1.08. The van der Waals surface area contributed by atoms with Gasteiger partial charge in [0, 0.05) is 5.92 Å². The first-order valence-electron chi connectivity index (χ1n) is 3.63. The Morgan fingerprint density at radius 1 is 1.60 bits per heavy atom. The number of hydrogen-bond donors (Lipinski definition) is 1. The van der Waals surface area contributed by atoms with E-state index in [4.69, 9.17) is 0 Å². The summed E-state index contributed by atoms with van der Waals surface area (Å²) in [6, 6.07) is 0. The molecular formula is C9H14O. The van der Waals surface area contributed by atoms with Crippen LogP contribution in [0.15, 0.2) is 23.8 Å². The summed E-state index contributed by atoms with van der Waals surface area (Å²) in [7, 11) is 0. The predicted octanol–water partition coefficient (Wildman–Crippen LogP) is 1.89. The molecule has 1 N–H and O–H groups in total. The molecule has 0 aliphatic heterocycles. The molecule has 1 heteroatoms. The molecular weight excluding hydrogens is 124 g/mol. The predicted molar refractivity (Wildman–Crippen MR) is 42.7 cm³/mol. The zero-order valence-electron chi connectivity index (χ0n) is 6.76. The molecule has 0 saturated heterocycles. The average Bonchev–Trinajstić information content (AvgIpc) is 1.84. The highest BCUT2D eigenvalue weighted by Crippen LogP contribution is 2.29. The first-order valence-corrected chi connectivity index (χ1v) is 3.63. The molecule has 0 aromatic carbocycles. The lowest BCUT2D eigenvalue weighted by molar-refractivity contribution is 0.0604. The van der Waals surface area contributed by atoms with Gasteiger partial charge in [0.25, 0.3) is 0 Å². The molecule has 2 unspecified atom stereocenters. The first-order chi connectivity index (χ1) is 4.55. The van der Waals surface area contributed by atoms with E-state index in [0.717, 1.165) is 5.57 Å². The van der Waals surface area contributed by atoms with Crippen LogP contribution in [0.25, 0.3) is 0 Å². The second kappa shape index (κ2) is 2.24. The van der Waals surface area contributed by atoms with Crippen LogP contribution < -0.4 is 0 Å². The van der Waals surface area contributed by atoms with E-state index in [-0.39, 0.29) is 5.92 Å². The second-order valence-corrected chi connectivity index (χ2v) is 3.17. The van der Waals surface area contributed by atoms with Gasteiger partial charge in [0.15, 0.2) is 0 Å². The number of aliphatic hydroxyl groups is 1. The summed E-state index contributed by atoms with van der Waals surface area (Å²) in [5.41, 5.74) is 0.414. The average molecular weight is 138 g/mol. The molecule has 1 aliphatic carbocycles. The molecule has 0 spiro atoms. The van der Waals surface area contributed by atoms with Crippen LogP contribution >= 0.6 is 0 Å². The molecule has 0 aromatic heterocycles. The van der Waals surface area contributed by atoms with Gasteiger partial charge in [-0.15, -0.1) is 0 Å². The lowest BCUT2D eigenvalue weighted by Crippen LogP contribution is -2.34. The van der Waals surface area contributed by atoms with Crippen molar-refractivity contribution in [1.29, 1.82) is 0 Å². The highest BCUT2D eigenvalue weighted by Gasteiger charge is 2.29. The minimum atomic E-state index is -0.630. The maximum Gasteiger partial charge on any atom is 0.0888 e. The van der Waals surface area contributed by atoms with E-state index in [0.29, 0.717) is 0 Å². The smallest absolute Gasteiger partial charge is 0.0888 e. The molecule has 56 valence electrons. The third-order valence-electron chi connectivity index (χ3n) is 2.43. The van der Waals surface area contributed by atoms with Crippen molar-refractivity contribution in [3.05, 3.63) is 23.8 Å². The summed E-state index contributed by atoms with van der Waals surface area (Å²) < 4.78 is 0. The first kappa shape index (κ1) is 7.55. The van der Waals surface area contributed by atoms with Crippen molar-refractivity contribution in [2.24, 2.45) is 5.92 Å². The molecule has 0 saturated carbocycles. The lowest BCUT2D eigenvalue weighted by Gasteiger charge is -2.31. The molecule has 0 fully saturated rings. The highest BCUT2D eigenvalue weighted by atomic mass is 16.3. The number of allylic oxidation sites excluding steroid dienone is 2. The standard InChI is InChI=1S/C9H14O/c1-7-5-4-6-8(2)9(7,3)10/h4-7,10H,1-3H3. The molecule has 2 atom stereocenters. The fourth-order valence-corrected chi connectivity index (χ4v) is 1.08. The van der Waals surface area contributed by atoms with Gasteiger partial charge < -0.3 is 5.11 Å². The quantitative estimate of drug-likeness (QED) is 0.542. The van der Waals surface area contributed by atoms with Gasteiger partial charge in [-0.25, -0.2) is 0 Å². The Labute approximate surface area is 62.1 Å². The molecule has 0 radical (unpaired) electrons. The normalized spacial score (nSPS) is 39.6. The van der Waals surface area contributed by atoms with Gasteiger partial charge in [-0.05, 0) is 19.4 Å². The van der Waals surface area contributed by atoms with Crippen molar-refractivity contribution in [1.82, 2.24) is 0 Å². The summed E-state index contributed by atoms with van der Waals surface area (Å²) in [5.74, 6) is 0.234. The molecule has 1 nitrogen and oxygen atoms in total. The van der Waals surface area contributed by atoms with E-state index in [1.165, 1.54) is 0 Å². The Morgan fingerprint density at radius 2 is 2.20 bits per heavy atom. The lowest BCUT2D eigenvalue weighted by atomic mass is 9.81. The molecule has 1 aliphatic rings. The van der Waals surface area contributed by atoms with Crippen LogP contribution in [0, 0.1) is 5.92 Å². The summed E-state index contributed by atoms with van der Waals surface area (Å²) in [6.07, 6.45) is 5.98. The minimum absolute atomic E-state index is 0.234. The van der Waals surface area contributed by atoms with Gasteiger partial charge in [-0.3, -0.25) is 0 Å². The van der Waals surface area contributed by atoms with Gasteiger partial charge in [-0.2, -0.15) is 0 Å². The van der Waals surface area contributed by atoms with Crippen LogP contribution in [0.5, 0.6) is 0 Å². The van der Waals surface area contributed by atoms with Crippen molar-refractivity contribution in [2.45, 2.75) is 26.4 Å². The van der Waals surface area contributed by atoms with Crippen LogP contribution in [-0.4, -0.2) is 10.7 Å². The van der Waals surface area contributed by atoms with Crippen LogP contribution in [0.3, 0.4) is 0 Å². The Kier molecular flexibility index (Phi) is 1.69. The van der Waals surface area contributed by atoms with Crippen LogP contribution in [0.1, 0.15) is 20.8 Å². The van der Waals surface area contributed by atoms with Crippen LogP contribution in [-0.2, 0) is 0 Å². The summed E-state index contributed by atoms with van der Waals surface area (Å²) >= 11 is 0. The van der Waals surface area contributed by atoms with Crippen molar-refractivity contribution in [3.8, 4) is 0 Å². The van der Waals surface area contributed by atoms with Gasteiger partial charge in [0.1, 0.15) is 0 Å². The van der Waals surface area contributed by atoms with E-state index >= 15 is 0 Å². The highest BCUT2D eigenvalue weighted by molar-refractivity contribution is 5.27. The summed E-state index contributed by atoms with van der Waals surface area (Å²) in [5, 5.41) is 9.79. The molecule has 0 heterocycles. The SMILES string of the molecule is CC1=CC=CC(C)C1(C)O. The molecule has 1 rings (SSSR count). The molecule has 0 bridgehead atoms. The van der Waals surface area contributed by atoms with Gasteiger partial charge in [-0.1, -0.05) is 25.2 Å². The van der Waals surface area contributed by atoms with E-state index in [1.54, 1.807) is 0 Å².